The second kappa shape index (κ2) is 6.22. The molecule has 1 saturated heterocycles. The number of alkyl halides is 1. The first-order chi connectivity index (χ1) is 8.88. The van der Waals surface area contributed by atoms with Gasteiger partial charge in [-0.2, -0.15) is 0 Å². The number of halogens is 1. The van der Waals surface area contributed by atoms with Gasteiger partial charge in [0.05, 0.1) is 18.4 Å². The van der Waals surface area contributed by atoms with E-state index in [1.807, 2.05) is 0 Å². The molecule has 0 aromatic rings. The molecule has 1 aliphatic heterocycles. The standard InChI is InChI=1S/C13H22BrNO4/c1-3-5-15(6-4-2)9-13(11(16)17,12(18)19)7-10(15)8-14/h10H,3-9H2,1-2H3,(H-,16,17,18,19)/p+1. The van der Waals surface area contributed by atoms with Crippen LogP contribution in [0, 0.1) is 5.41 Å². The molecule has 0 saturated carbocycles. The molecule has 0 aromatic heterocycles. The number of rotatable bonds is 7. The predicted octanol–water partition coefficient (Wildman–Crippen LogP) is 1.95. The molecule has 1 aliphatic rings. The van der Waals surface area contributed by atoms with Gasteiger partial charge in [-0.05, 0) is 12.8 Å². The molecule has 110 valence electrons. The van der Waals surface area contributed by atoms with E-state index in [4.69, 9.17) is 0 Å². The third-order valence-corrected chi connectivity index (χ3v) is 5.03. The normalized spacial score (nSPS) is 24.3. The first kappa shape index (κ1) is 16.4. The van der Waals surface area contributed by atoms with Gasteiger partial charge in [0, 0.05) is 6.42 Å². The van der Waals surface area contributed by atoms with Crippen molar-refractivity contribution in [2.24, 2.45) is 5.41 Å². The minimum Gasteiger partial charge on any atom is -0.480 e. The summed E-state index contributed by atoms with van der Waals surface area (Å²) in [4.78, 5) is 23.0. The Labute approximate surface area is 122 Å². The molecule has 19 heavy (non-hydrogen) atoms. The lowest BCUT2D eigenvalue weighted by atomic mass is 9.86. The summed E-state index contributed by atoms with van der Waals surface area (Å²) in [6.07, 6.45) is 2.07. The fourth-order valence-corrected chi connectivity index (χ4v) is 4.30. The maximum atomic E-state index is 11.5. The Kier molecular flexibility index (Phi) is 5.38. The highest BCUT2D eigenvalue weighted by Gasteiger charge is 2.62. The summed E-state index contributed by atoms with van der Waals surface area (Å²) in [7, 11) is 0. The van der Waals surface area contributed by atoms with Gasteiger partial charge in [-0.25, -0.2) is 0 Å². The van der Waals surface area contributed by atoms with Crippen molar-refractivity contribution in [3.63, 3.8) is 0 Å². The smallest absolute Gasteiger partial charge is 0.327 e. The SMILES string of the molecule is CCC[N+]1(CCC)CC(C(=O)O)(C(=O)O)CC1CBr. The molecule has 1 heterocycles. The second-order valence-corrected chi connectivity index (χ2v) is 6.18. The fraction of sp³-hybridized carbons (Fsp3) is 0.846. The van der Waals surface area contributed by atoms with Gasteiger partial charge < -0.3 is 14.7 Å². The molecular weight excluding hydrogens is 314 g/mol. The molecule has 5 nitrogen and oxygen atoms in total. The Morgan fingerprint density at radius 3 is 2.00 bits per heavy atom. The van der Waals surface area contributed by atoms with Crippen LogP contribution in [0.2, 0.25) is 0 Å². The van der Waals surface area contributed by atoms with Gasteiger partial charge in [0.2, 0.25) is 5.41 Å². The predicted molar refractivity (Wildman–Crippen MR) is 75.3 cm³/mol. The van der Waals surface area contributed by atoms with Crippen molar-refractivity contribution in [3.05, 3.63) is 0 Å². The number of hydrogen-bond acceptors (Lipinski definition) is 2. The van der Waals surface area contributed by atoms with Gasteiger partial charge in [0.25, 0.3) is 0 Å². The average Bonchev–Trinajstić information content (AvgIpc) is 2.66. The molecule has 0 amide bonds. The van der Waals surface area contributed by atoms with Crippen LogP contribution in [0.25, 0.3) is 0 Å². The van der Waals surface area contributed by atoms with Gasteiger partial charge in [-0.1, -0.05) is 29.8 Å². The molecule has 1 unspecified atom stereocenters. The van der Waals surface area contributed by atoms with Crippen LogP contribution in [0.4, 0.5) is 0 Å². The second-order valence-electron chi connectivity index (χ2n) is 5.53. The van der Waals surface area contributed by atoms with Crippen LogP contribution in [0.3, 0.4) is 0 Å². The molecule has 1 rings (SSSR count). The van der Waals surface area contributed by atoms with Crippen LogP contribution in [0.1, 0.15) is 33.1 Å². The lowest BCUT2D eigenvalue weighted by molar-refractivity contribution is -0.938. The summed E-state index contributed by atoms with van der Waals surface area (Å²) in [5, 5.41) is 19.5. The van der Waals surface area contributed by atoms with Crippen LogP contribution in [0.15, 0.2) is 0 Å². The number of hydrogen-bond donors (Lipinski definition) is 2. The third-order valence-electron chi connectivity index (χ3n) is 4.28. The topological polar surface area (TPSA) is 74.6 Å². The monoisotopic (exact) mass is 336 g/mol. The average molecular weight is 337 g/mol. The first-order valence-electron chi connectivity index (χ1n) is 6.77. The molecule has 1 fully saturated rings. The van der Waals surface area contributed by atoms with E-state index >= 15 is 0 Å². The summed E-state index contributed by atoms with van der Waals surface area (Å²) in [5.74, 6) is -2.39. The first-order valence-corrected chi connectivity index (χ1v) is 7.89. The maximum absolute atomic E-state index is 11.5. The zero-order valence-electron chi connectivity index (χ0n) is 11.6. The number of quaternary nitrogens is 1. The van der Waals surface area contributed by atoms with E-state index < -0.39 is 17.4 Å². The number of carboxylic acids is 2. The molecule has 0 aliphatic carbocycles. The Balaban J connectivity index is 3.19. The highest BCUT2D eigenvalue weighted by Crippen LogP contribution is 2.42. The van der Waals surface area contributed by atoms with Crippen molar-refractivity contribution in [2.45, 2.75) is 39.2 Å². The van der Waals surface area contributed by atoms with Gasteiger partial charge in [-0.3, -0.25) is 9.59 Å². The minimum absolute atomic E-state index is 0.0621. The number of likely N-dealkylation sites (tertiary alicyclic amines) is 1. The van der Waals surface area contributed by atoms with Crippen LogP contribution in [-0.2, 0) is 9.59 Å². The summed E-state index contributed by atoms with van der Waals surface area (Å²) in [6.45, 7) is 6.00. The van der Waals surface area contributed by atoms with E-state index in [2.05, 4.69) is 29.8 Å². The van der Waals surface area contributed by atoms with Crippen molar-refractivity contribution in [2.75, 3.05) is 25.0 Å². The summed E-state index contributed by atoms with van der Waals surface area (Å²) in [6, 6.07) is 0.0621. The number of carbonyl (C=O) groups is 2. The lowest BCUT2D eigenvalue weighted by Crippen LogP contribution is -2.55. The van der Waals surface area contributed by atoms with Crippen molar-refractivity contribution in [3.8, 4) is 0 Å². The van der Waals surface area contributed by atoms with Gasteiger partial charge in [-0.15, -0.1) is 0 Å². The van der Waals surface area contributed by atoms with Crippen LogP contribution in [0.5, 0.6) is 0 Å². The number of nitrogens with zero attached hydrogens (tertiary/aromatic N) is 1. The summed E-state index contributed by atoms with van der Waals surface area (Å²) >= 11 is 3.44. The molecule has 1 atom stereocenters. The van der Waals surface area contributed by atoms with Crippen LogP contribution in [-0.4, -0.2) is 57.6 Å². The van der Waals surface area contributed by atoms with E-state index in [9.17, 15) is 19.8 Å². The molecule has 2 N–H and O–H groups in total. The Morgan fingerprint density at radius 2 is 1.68 bits per heavy atom. The zero-order chi connectivity index (χ0) is 14.7. The Morgan fingerprint density at radius 1 is 1.21 bits per heavy atom. The lowest BCUT2D eigenvalue weighted by Gasteiger charge is -2.39. The minimum atomic E-state index is -1.62. The van der Waals surface area contributed by atoms with Crippen molar-refractivity contribution in [1.29, 1.82) is 0 Å². The number of carboxylic acid groups (broad SMARTS) is 2. The summed E-state index contributed by atoms with van der Waals surface area (Å²) < 4.78 is 0.608. The Hall–Kier alpha value is -0.620. The van der Waals surface area contributed by atoms with E-state index in [0.29, 0.717) is 9.81 Å². The third kappa shape index (κ3) is 2.79. The highest BCUT2D eigenvalue weighted by atomic mass is 79.9. The summed E-state index contributed by atoms with van der Waals surface area (Å²) in [5.41, 5.74) is -1.62. The van der Waals surface area contributed by atoms with E-state index in [0.717, 1.165) is 25.9 Å². The van der Waals surface area contributed by atoms with Crippen LogP contribution >= 0.6 is 15.9 Å². The Bertz CT molecular complexity index is 339. The largest absolute Gasteiger partial charge is 0.480 e. The number of aliphatic carboxylic acids is 2. The van der Waals surface area contributed by atoms with Crippen molar-refractivity contribution in [1.82, 2.24) is 0 Å². The van der Waals surface area contributed by atoms with Gasteiger partial charge in [0.15, 0.2) is 0 Å². The molecule has 0 aromatic carbocycles. The van der Waals surface area contributed by atoms with Gasteiger partial charge >= 0.3 is 11.9 Å². The fourth-order valence-electron chi connectivity index (χ4n) is 3.46. The maximum Gasteiger partial charge on any atom is 0.327 e. The quantitative estimate of drug-likeness (QED) is 0.423. The van der Waals surface area contributed by atoms with E-state index in [1.54, 1.807) is 0 Å². The molecule has 0 radical (unpaired) electrons. The highest BCUT2D eigenvalue weighted by molar-refractivity contribution is 9.09. The molecular formula is C13H23BrNO4+. The van der Waals surface area contributed by atoms with E-state index in [-0.39, 0.29) is 19.0 Å². The van der Waals surface area contributed by atoms with Crippen molar-refractivity contribution < 1.29 is 24.3 Å². The molecule has 0 bridgehead atoms. The van der Waals surface area contributed by atoms with Crippen molar-refractivity contribution >= 4 is 27.9 Å². The molecule has 6 heteroatoms. The van der Waals surface area contributed by atoms with Gasteiger partial charge in [0.1, 0.15) is 12.6 Å². The molecule has 0 spiro atoms. The van der Waals surface area contributed by atoms with Crippen LogP contribution < -0.4 is 0 Å². The van der Waals surface area contributed by atoms with E-state index in [1.165, 1.54) is 0 Å². The zero-order valence-corrected chi connectivity index (χ0v) is 13.1.